The molecule has 7 heteroatoms. The zero-order valence-corrected chi connectivity index (χ0v) is 15.4. The molecule has 0 bridgehead atoms. The summed E-state index contributed by atoms with van der Waals surface area (Å²) in [5, 5.41) is 4.48. The van der Waals surface area contributed by atoms with Crippen molar-refractivity contribution in [3.05, 3.63) is 17.5 Å². The number of nitrogens with zero attached hydrogens (tertiary/aromatic N) is 4. The fourth-order valence-corrected chi connectivity index (χ4v) is 4.30. The Hall–Kier alpha value is -1.89. The molecule has 1 aliphatic carbocycles. The van der Waals surface area contributed by atoms with Crippen molar-refractivity contribution >= 4 is 11.8 Å². The lowest BCUT2D eigenvalue weighted by molar-refractivity contribution is -0.133. The van der Waals surface area contributed by atoms with Gasteiger partial charge in [-0.2, -0.15) is 5.10 Å². The zero-order chi connectivity index (χ0) is 17.9. The number of carbonyl (C=O) groups excluding carboxylic acids is 2. The van der Waals surface area contributed by atoms with Gasteiger partial charge in [-0.1, -0.05) is 25.7 Å². The standard InChI is InChI=1S/C19H28N4O3/c24-18(6-5-15-3-1-2-4-15)22-7-8-23-16(14-22)13-17(20-23)19(25)21-9-11-26-12-10-21/h13,15H,1-12,14H2. The monoisotopic (exact) mass is 360 g/mol. The van der Waals surface area contributed by atoms with Crippen LogP contribution in [0.5, 0.6) is 0 Å². The van der Waals surface area contributed by atoms with E-state index in [9.17, 15) is 9.59 Å². The lowest BCUT2D eigenvalue weighted by Gasteiger charge is -2.28. The molecule has 26 heavy (non-hydrogen) atoms. The molecule has 0 aromatic carbocycles. The molecule has 0 atom stereocenters. The van der Waals surface area contributed by atoms with Crippen molar-refractivity contribution in [3.8, 4) is 0 Å². The Kier molecular flexibility index (Phi) is 5.24. The van der Waals surface area contributed by atoms with E-state index in [4.69, 9.17) is 4.74 Å². The third-order valence-electron chi connectivity index (χ3n) is 5.91. The van der Waals surface area contributed by atoms with Gasteiger partial charge in [-0.25, -0.2) is 0 Å². The summed E-state index contributed by atoms with van der Waals surface area (Å²) < 4.78 is 7.19. The minimum Gasteiger partial charge on any atom is -0.378 e. The minimum atomic E-state index is -0.0330. The second kappa shape index (κ2) is 7.78. The first-order chi connectivity index (χ1) is 12.7. The maximum Gasteiger partial charge on any atom is 0.274 e. The Morgan fingerprint density at radius 3 is 2.62 bits per heavy atom. The molecule has 1 saturated heterocycles. The largest absolute Gasteiger partial charge is 0.378 e. The van der Waals surface area contributed by atoms with Crippen LogP contribution in [0.4, 0.5) is 0 Å². The van der Waals surface area contributed by atoms with Gasteiger partial charge in [0.1, 0.15) is 0 Å². The fourth-order valence-electron chi connectivity index (χ4n) is 4.30. The van der Waals surface area contributed by atoms with Crippen molar-refractivity contribution in [1.29, 1.82) is 0 Å². The third kappa shape index (κ3) is 3.77. The van der Waals surface area contributed by atoms with Crippen LogP contribution in [0.2, 0.25) is 0 Å². The quantitative estimate of drug-likeness (QED) is 0.819. The molecular formula is C19H28N4O3. The summed E-state index contributed by atoms with van der Waals surface area (Å²) in [6.07, 6.45) is 6.89. The molecule has 2 fully saturated rings. The Morgan fingerprint density at radius 1 is 1.08 bits per heavy atom. The van der Waals surface area contributed by atoms with Gasteiger partial charge in [0.2, 0.25) is 5.91 Å². The summed E-state index contributed by atoms with van der Waals surface area (Å²) >= 11 is 0. The molecule has 4 rings (SSSR count). The van der Waals surface area contributed by atoms with E-state index in [0.29, 0.717) is 58.1 Å². The maximum absolute atomic E-state index is 12.6. The second-order valence-corrected chi connectivity index (χ2v) is 7.65. The van der Waals surface area contributed by atoms with E-state index in [1.165, 1.54) is 25.7 Å². The summed E-state index contributed by atoms with van der Waals surface area (Å²) in [4.78, 5) is 28.9. The van der Waals surface area contributed by atoms with Crippen molar-refractivity contribution in [2.45, 2.75) is 51.6 Å². The number of carbonyl (C=O) groups is 2. The van der Waals surface area contributed by atoms with Crippen molar-refractivity contribution in [3.63, 3.8) is 0 Å². The fraction of sp³-hybridized carbons (Fsp3) is 0.737. The third-order valence-corrected chi connectivity index (χ3v) is 5.91. The highest BCUT2D eigenvalue weighted by Gasteiger charge is 2.27. The van der Waals surface area contributed by atoms with Crippen LogP contribution in [0.25, 0.3) is 0 Å². The first kappa shape index (κ1) is 17.5. The van der Waals surface area contributed by atoms with Crippen LogP contribution >= 0.6 is 0 Å². The lowest BCUT2D eigenvalue weighted by atomic mass is 10.0. The van der Waals surface area contributed by atoms with Crippen LogP contribution < -0.4 is 0 Å². The number of morpholine rings is 1. The van der Waals surface area contributed by atoms with Gasteiger partial charge in [-0.3, -0.25) is 14.3 Å². The van der Waals surface area contributed by atoms with Gasteiger partial charge in [0.05, 0.1) is 32.0 Å². The van der Waals surface area contributed by atoms with Crippen LogP contribution in [0, 0.1) is 5.92 Å². The molecule has 1 aromatic heterocycles. The smallest absolute Gasteiger partial charge is 0.274 e. The molecule has 7 nitrogen and oxygen atoms in total. The number of fused-ring (bicyclic) bond motifs is 1. The molecule has 0 spiro atoms. The molecule has 0 N–H and O–H groups in total. The van der Waals surface area contributed by atoms with Crippen LogP contribution in [0.15, 0.2) is 6.07 Å². The van der Waals surface area contributed by atoms with Gasteiger partial charge < -0.3 is 14.5 Å². The minimum absolute atomic E-state index is 0.0330. The van der Waals surface area contributed by atoms with E-state index in [0.717, 1.165) is 18.0 Å². The van der Waals surface area contributed by atoms with E-state index in [2.05, 4.69) is 5.10 Å². The van der Waals surface area contributed by atoms with Gasteiger partial charge in [0.25, 0.3) is 5.91 Å². The number of ether oxygens (including phenoxy) is 1. The summed E-state index contributed by atoms with van der Waals surface area (Å²) in [5.41, 5.74) is 1.45. The lowest BCUT2D eigenvalue weighted by Crippen LogP contribution is -2.41. The van der Waals surface area contributed by atoms with E-state index in [1.807, 2.05) is 15.6 Å². The molecule has 3 heterocycles. The molecular weight excluding hydrogens is 332 g/mol. The van der Waals surface area contributed by atoms with Crippen LogP contribution in [-0.4, -0.2) is 64.2 Å². The summed E-state index contributed by atoms with van der Waals surface area (Å²) in [6, 6.07) is 1.86. The molecule has 1 aromatic rings. The Balaban J connectivity index is 1.35. The number of hydrogen-bond donors (Lipinski definition) is 0. The van der Waals surface area contributed by atoms with Crippen LogP contribution in [0.3, 0.4) is 0 Å². The zero-order valence-electron chi connectivity index (χ0n) is 15.4. The first-order valence-electron chi connectivity index (χ1n) is 9.92. The van der Waals surface area contributed by atoms with E-state index in [1.54, 1.807) is 4.90 Å². The number of amides is 2. The van der Waals surface area contributed by atoms with Gasteiger partial charge in [-0.05, 0) is 18.4 Å². The Labute approximate surface area is 154 Å². The predicted molar refractivity (Wildman–Crippen MR) is 95.6 cm³/mol. The van der Waals surface area contributed by atoms with Crippen molar-refractivity contribution in [2.24, 2.45) is 5.92 Å². The van der Waals surface area contributed by atoms with Crippen molar-refractivity contribution in [2.75, 3.05) is 32.8 Å². The normalized spacial score (nSPS) is 21.1. The van der Waals surface area contributed by atoms with E-state index in [-0.39, 0.29) is 11.8 Å². The maximum atomic E-state index is 12.6. The highest BCUT2D eigenvalue weighted by Crippen LogP contribution is 2.29. The number of hydrogen-bond acceptors (Lipinski definition) is 4. The van der Waals surface area contributed by atoms with Gasteiger partial charge in [0.15, 0.2) is 5.69 Å². The average Bonchev–Trinajstić information content (AvgIpc) is 3.35. The van der Waals surface area contributed by atoms with E-state index < -0.39 is 0 Å². The van der Waals surface area contributed by atoms with Gasteiger partial charge in [0, 0.05) is 26.1 Å². The Bertz CT molecular complexity index is 660. The summed E-state index contributed by atoms with van der Waals surface area (Å²) in [5.74, 6) is 0.951. The average molecular weight is 360 g/mol. The SMILES string of the molecule is O=C(CCC1CCCC1)N1CCn2nc(C(=O)N3CCOCC3)cc2C1. The highest BCUT2D eigenvalue weighted by molar-refractivity contribution is 5.92. The molecule has 1 saturated carbocycles. The van der Waals surface area contributed by atoms with Crippen molar-refractivity contribution in [1.82, 2.24) is 19.6 Å². The number of aromatic nitrogens is 2. The Morgan fingerprint density at radius 2 is 1.85 bits per heavy atom. The molecule has 2 aliphatic heterocycles. The molecule has 0 unspecified atom stereocenters. The van der Waals surface area contributed by atoms with Crippen LogP contribution in [-0.2, 0) is 22.6 Å². The first-order valence-corrected chi connectivity index (χ1v) is 9.92. The summed E-state index contributed by atoms with van der Waals surface area (Å²) in [6.45, 7) is 4.32. The topological polar surface area (TPSA) is 67.7 Å². The van der Waals surface area contributed by atoms with Crippen molar-refractivity contribution < 1.29 is 14.3 Å². The molecule has 2 amide bonds. The highest BCUT2D eigenvalue weighted by atomic mass is 16.5. The van der Waals surface area contributed by atoms with Gasteiger partial charge >= 0.3 is 0 Å². The molecule has 3 aliphatic rings. The second-order valence-electron chi connectivity index (χ2n) is 7.65. The van der Waals surface area contributed by atoms with Gasteiger partial charge in [-0.15, -0.1) is 0 Å². The number of rotatable bonds is 4. The molecule has 0 radical (unpaired) electrons. The predicted octanol–water partition coefficient (Wildman–Crippen LogP) is 1.67. The summed E-state index contributed by atoms with van der Waals surface area (Å²) in [7, 11) is 0. The van der Waals surface area contributed by atoms with Crippen LogP contribution in [0.1, 0.15) is 54.7 Å². The molecule has 142 valence electrons. The van der Waals surface area contributed by atoms with E-state index >= 15 is 0 Å².